The monoisotopic (exact) mass is 416 g/mol. The van der Waals surface area contributed by atoms with Gasteiger partial charge < -0.3 is 0 Å². The fourth-order valence-corrected chi connectivity index (χ4v) is 5.03. The first-order chi connectivity index (χ1) is 12.0. The first-order valence-corrected chi connectivity index (χ1v) is 10.7. The van der Waals surface area contributed by atoms with Gasteiger partial charge >= 0.3 is 0 Å². The molecule has 6 nitrogen and oxygen atoms in total. The van der Waals surface area contributed by atoms with Crippen LogP contribution < -0.4 is 4.72 Å². The van der Waals surface area contributed by atoms with Gasteiger partial charge in [0.25, 0.3) is 10.0 Å². The van der Waals surface area contributed by atoms with Crippen molar-refractivity contribution in [3.05, 3.63) is 58.6 Å². The Hall–Kier alpha value is -1.32. The van der Waals surface area contributed by atoms with Crippen LogP contribution in [0.25, 0.3) is 5.65 Å². The van der Waals surface area contributed by atoms with Crippen molar-refractivity contribution in [3.63, 3.8) is 0 Å². The summed E-state index contributed by atoms with van der Waals surface area (Å²) in [5, 5.41) is 0.356. The molecule has 3 heterocycles. The van der Waals surface area contributed by atoms with Gasteiger partial charge in [-0.1, -0.05) is 29.3 Å². The Kier molecular flexibility index (Phi) is 5.85. The number of imidazole rings is 1. The number of nitrogens with one attached hydrogen (secondary N) is 1. The second-order valence-electron chi connectivity index (χ2n) is 5.07. The average molecular weight is 417 g/mol. The Bertz CT molecular complexity index is 992. The number of pyridine rings is 2. The smallest absolute Gasteiger partial charge is 0.259 e. The summed E-state index contributed by atoms with van der Waals surface area (Å²) >= 11 is 13.4. The fraction of sp³-hybridized carbons (Fsp3) is 0.200. The van der Waals surface area contributed by atoms with Gasteiger partial charge in [-0.25, -0.2) is 23.1 Å². The molecule has 0 saturated heterocycles. The molecule has 0 unspecified atom stereocenters. The van der Waals surface area contributed by atoms with Crippen LogP contribution in [0.2, 0.25) is 10.3 Å². The molecule has 1 N–H and O–H groups in total. The van der Waals surface area contributed by atoms with Crippen LogP contribution in [0.15, 0.2) is 47.8 Å². The Morgan fingerprint density at radius 1 is 1.24 bits per heavy atom. The van der Waals surface area contributed by atoms with Crippen molar-refractivity contribution in [1.29, 1.82) is 0 Å². The highest BCUT2D eigenvalue weighted by Gasteiger charge is 2.23. The predicted octanol–water partition coefficient (Wildman–Crippen LogP) is 3.25. The minimum Gasteiger partial charge on any atom is -0.288 e. The van der Waals surface area contributed by atoms with E-state index >= 15 is 0 Å². The van der Waals surface area contributed by atoms with Gasteiger partial charge in [-0.3, -0.25) is 4.40 Å². The zero-order valence-corrected chi connectivity index (χ0v) is 16.0. The molecule has 0 aromatic carbocycles. The minimum atomic E-state index is -3.75. The Morgan fingerprint density at radius 3 is 2.88 bits per heavy atom. The summed E-state index contributed by atoms with van der Waals surface area (Å²) in [4.78, 5) is 7.98. The van der Waals surface area contributed by atoms with Gasteiger partial charge in [0.05, 0.1) is 0 Å². The van der Waals surface area contributed by atoms with Crippen molar-refractivity contribution < 1.29 is 8.42 Å². The van der Waals surface area contributed by atoms with Crippen LogP contribution in [0, 0.1) is 0 Å². The van der Waals surface area contributed by atoms with Crippen LogP contribution in [0.4, 0.5) is 0 Å². The maximum absolute atomic E-state index is 12.5. The third kappa shape index (κ3) is 4.45. The van der Waals surface area contributed by atoms with E-state index in [4.69, 9.17) is 23.2 Å². The zero-order valence-electron chi connectivity index (χ0n) is 12.9. The van der Waals surface area contributed by atoms with E-state index < -0.39 is 10.0 Å². The molecule has 0 bridgehead atoms. The lowest BCUT2D eigenvalue weighted by molar-refractivity contribution is 0.579. The lowest BCUT2D eigenvalue weighted by atomic mass is 10.3. The number of thioether (sulfide) groups is 1. The lowest BCUT2D eigenvalue weighted by Crippen LogP contribution is -2.27. The second kappa shape index (κ2) is 7.92. The number of rotatable bonds is 7. The van der Waals surface area contributed by atoms with Gasteiger partial charge in [0.2, 0.25) is 0 Å². The third-order valence-corrected chi connectivity index (χ3v) is 6.39. The van der Waals surface area contributed by atoms with Crippen molar-refractivity contribution in [3.8, 4) is 0 Å². The van der Waals surface area contributed by atoms with E-state index in [0.29, 0.717) is 16.6 Å². The van der Waals surface area contributed by atoms with E-state index in [1.165, 1.54) is 4.40 Å². The highest BCUT2D eigenvalue weighted by Crippen LogP contribution is 2.22. The van der Waals surface area contributed by atoms with Crippen molar-refractivity contribution in [2.45, 2.75) is 10.8 Å². The van der Waals surface area contributed by atoms with Crippen LogP contribution in [-0.2, 0) is 15.8 Å². The van der Waals surface area contributed by atoms with Crippen LogP contribution in [-0.4, -0.2) is 35.1 Å². The molecule has 10 heteroatoms. The Balaban J connectivity index is 1.59. The van der Waals surface area contributed by atoms with Gasteiger partial charge in [0.15, 0.2) is 10.2 Å². The molecule has 0 aliphatic rings. The number of halogens is 2. The molecule has 0 atom stereocenters. The summed E-state index contributed by atoms with van der Waals surface area (Å²) in [5.74, 6) is 1.33. The molecule has 0 spiro atoms. The summed E-state index contributed by atoms with van der Waals surface area (Å²) in [6.45, 7) is 0.280. The minimum absolute atomic E-state index is 0.0437. The second-order valence-corrected chi connectivity index (χ2v) is 8.61. The molecule has 3 aromatic rings. The number of sulfonamides is 1. The van der Waals surface area contributed by atoms with Gasteiger partial charge in [-0.05, 0) is 29.8 Å². The number of hydrogen-bond donors (Lipinski definition) is 1. The summed E-state index contributed by atoms with van der Waals surface area (Å²) in [7, 11) is -3.75. The highest BCUT2D eigenvalue weighted by molar-refractivity contribution is 7.98. The SMILES string of the molecule is O=S(=O)(NCCSCc1ccnc(Cl)c1)c1c(Cl)nc2ccccn12. The highest BCUT2D eigenvalue weighted by atomic mass is 35.5. The molecule has 0 aliphatic carbocycles. The standard InChI is InChI=1S/C15H14Cl2N4O2S2/c16-12-9-11(4-5-18-12)10-24-8-6-19-25(22,23)15-14(17)20-13-3-1-2-7-21(13)15/h1-5,7,9,19H,6,8,10H2. The van der Waals surface area contributed by atoms with Gasteiger partial charge in [0.1, 0.15) is 10.8 Å². The van der Waals surface area contributed by atoms with E-state index in [0.717, 1.165) is 11.3 Å². The number of aromatic nitrogens is 3. The summed E-state index contributed by atoms with van der Waals surface area (Å²) in [6, 6.07) is 8.85. The Morgan fingerprint density at radius 2 is 2.08 bits per heavy atom. The fourth-order valence-electron chi connectivity index (χ4n) is 2.22. The summed E-state index contributed by atoms with van der Waals surface area (Å²) in [6.07, 6.45) is 3.26. The molecule has 0 radical (unpaired) electrons. The number of hydrogen-bond acceptors (Lipinski definition) is 5. The van der Waals surface area contributed by atoms with E-state index in [1.807, 2.05) is 6.07 Å². The zero-order chi connectivity index (χ0) is 17.9. The number of nitrogens with zero attached hydrogens (tertiary/aromatic N) is 3. The molecular weight excluding hydrogens is 403 g/mol. The lowest BCUT2D eigenvalue weighted by Gasteiger charge is -2.07. The van der Waals surface area contributed by atoms with Crippen molar-refractivity contribution in [2.75, 3.05) is 12.3 Å². The molecule has 0 fully saturated rings. The maximum Gasteiger partial charge on any atom is 0.259 e. The molecule has 132 valence electrons. The molecule has 3 aromatic heterocycles. The van der Waals surface area contributed by atoms with Gasteiger partial charge in [-0.15, -0.1) is 0 Å². The quantitative estimate of drug-likeness (QED) is 0.472. The molecule has 0 amide bonds. The summed E-state index contributed by atoms with van der Waals surface area (Å²) in [5.41, 5.74) is 1.52. The molecule has 25 heavy (non-hydrogen) atoms. The molecule has 0 aliphatic heterocycles. The predicted molar refractivity (Wildman–Crippen MR) is 101 cm³/mol. The number of fused-ring (bicyclic) bond motifs is 1. The maximum atomic E-state index is 12.5. The van der Waals surface area contributed by atoms with E-state index in [2.05, 4.69) is 14.7 Å². The van der Waals surface area contributed by atoms with Crippen molar-refractivity contribution in [2.24, 2.45) is 0 Å². The van der Waals surface area contributed by atoms with Crippen molar-refractivity contribution >= 4 is 50.6 Å². The van der Waals surface area contributed by atoms with Crippen LogP contribution >= 0.6 is 35.0 Å². The van der Waals surface area contributed by atoms with Crippen LogP contribution in [0.5, 0.6) is 0 Å². The summed E-state index contributed by atoms with van der Waals surface area (Å²) < 4.78 is 29.0. The third-order valence-electron chi connectivity index (χ3n) is 3.30. The first-order valence-electron chi connectivity index (χ1n) is 7.28. The van der Waals surface area contributed by atoms with E-state index in [1.54, 1.807) is 48.4 Å². The average Bonchev–Trinajstić information content (AvgIpc) is 2.91. The topological polar surface area (TPSA) is 76.4 Å². The van der Waals surface area contributed by atoms with Crippen LogP contribution in [0.3, 0.4) is 0 Å². The van der Waals surface area contributed by atoms with E-state index in [-0.39, 0.29) is 16.7 Å². The van der Waals surface area contributed by atoms with Crippen LogP contribution in [0.1, 0.15) is 5.56 Å². The van der Waals surface area contributed by atoms with E-state index in [9.17, 15) is 8.42 Å². The molecule has 0 saturated carbocycles. The van der Waals surface area contributed by atoms with Crippen molar-refractivity contribution in [1.82, 2.24) is 19.1 Å². The molecular formula is C15H14Cl2N4O2S2. The van der Waals surface area contributed by atoms with Gasteiger partial charge in [-0.2, -0.15) is 11.8 Å². The Labute approximate surface area is 159 Å². The molecule has 3 rings (SSSR count). The first kappa shape index (κ1) is 18.5. The normalized spacial score (nSPS) is 11.9. The largest absolute Gasteiger partial charge is 0.288 e. The van der Waals surface area contributed by atoms with Gasteiger partial charge in [0, 0.05) is 30.4 Å².